The molecule has 2 N–H and O–H groups in total. The number of nitrogens with one attached hydrogen (secondary N) is 2. The van der Waals surface area contributed by atoms with Crippen LogP contribution in [0.4, 0.5) is 32.0 Å². The smallest absolute Gasteiger partial charge is 0.366 e. The minimum absolute atomic E-state index is 0.0113. The molecule has 2 rings (SSSR count). The molecule has 11 heteroatoms. The lowest BCUT2D eigenvalue weighted by Crippen LogP contribution is -2.23. The van der Waals surface area contributed by atoms with Gasteiger partial charge in [-0.05, 0) is 30.5 Å². The Balaban J connectivity index is 2.26. The Bertz CT molecular complexity index is 663. The zero-order chi connectivity index (χ0) is 19.5. The highest BCUT2D eigenvalue weighted by Crippen LogP contribution is 2.37. The third kappa shape index (κ3) is 6.12. The van der Waals surface area contributed by atoms with Crippen LogP contribution in [0.25, 0.3) is 0 Å². The van der Waals surface area contributed by atoms with E-state index < -0.39 is 34.1 Å². The lowest BCUT2D eigenvalue weighted by atomic mass is 10.1. The number of rotatable bonds is 7. The number of hydrogen-bond acceptors (Lipinski definition) is 4. The highest BCUT2D eigenvalue weighted by molar-refractivity contribution is 5.53. The molecule has 0 aliphatic heterocycles. The van der Waals surface area contributed by atoms with Gasteiger partial charge >= 0.3 is 12.4 Å². The van der Waals surface area contributed by atoms with Gasteiger partial charge in [0.2, 0.25) is 0 Å². The molecular weight excluding hydrogens is 368 g/mol. The quantitative estimate of drug-likeness (QED) is 0.410. The summed E-state index contributed by atoms with van der Waals surface area (Å²) in [5.41, 5.74) is -3.57. The second kappa shape index (κ2) is 7.42. The van der Waals surface area contributed by atoms with Crippen molar-refractivity contribution in [3.63, 3.8) is 0 Å². The van der Waals surface area contributed by atoms with Crippen molar-refractivity contribution in [1.82, 2.24) is 5.32 Å². The largest absolute Gasteiger partial charge is 0.416 e. The Kier molecular flexibility index (Phi) is 5.67. The van der Waals surface area contributed by atoms with Crippen molar-refractivity contribution in [1.29, 1.82) is 0 Å². The van der Waals surface area contributed by atoms with Gasteiger partial charge in [0, 0.05) is 12.2 Å². The van der Waals surface area contributed by atoms with Gasteiger partial charge in [0.05, 0.1) is 16.1 Å². The summed E-state index contributed by atoms with van der Waals surface area (Å²) >= 11 is 0. The second-order valence-electron chi connectivity index (χ2n) is 5.91. The van der Waals surface area contributed by atoms with E-state index >= 15 is 0 Å². The molecule has 0 saturated heterocycles. The predicted molar refractivity (Wildman–Crippen MR) is 80.5 cm³/mol. The van der Waals surface area contributed by atoms with E-state index in [4.69, 9.17) is 0 Å². The molecule has 0 atom stereocenters. The van der Waals surface area contributed by atoms with E-state index in [-0.39, 0.29) is 11.9 Å². The number of hydrogen-bond donors (Lipinski definition) is 2. The summed E-state index contributed by atoms with van der Waals surface area (Å²) in [4.78, 5) is 9.79. The number of alkyl halides is 6. The van der Waals surface area contributed by atoms with Crippen LogP contribution in [0.15, 0.2) is 30.2 Å². The number of benzene rings is 1. The summed E-state index contributed by atoms with van der Waals surface area (Å²) in [7, 11) is 0. The van der Waals surface area contributed by atoms with Crippen LogP contribution in [0.1, 0.15) is 30.4 Å². The van der Waals surface area contributed by atoms with E-state index in [2.05, 4.69) is 10.6 Å². The van der Waals surface area contributed by atoms with Gasteiger partial charge in [0.1, 0.15) is 0 Å². The summed E-state index contributed by atoms with van der Waals surface area (Å²) in [6.07, 6.45) is -6.76. The van der Waals surface area contributed by atoms with Gasteiger partial charge in [-0.3, -0.25) is 10.1 Å². The maximum atomic E-state index is 12.8. The predicted octanol–water partition coefficient (Wildman–Crippen LogP) is 4.60. The molecule has 0 radical (unpaired) electrons. The van der Waals surface area contributed by atoms with Crippen molar-refractivity contribution in [2.75, 3.05) is 11.9 Å². The maximum Gasteiger partial charge on any atom is 0.416 e. The van der Waals surface area contributed by atoms with Gasteiger partial charge in [-0.15, -0.1) is 0 Å². The van der Waals surface area contributed by atoms with Crippen molar-refractivity contribution < 1.29 is 31.3 Å². The molecule has 0 unspecified atom stereocenters. The first-order valence-electron chi connectivity index (χ1n) is 7.61. The Hall–Kier alpha value is -2.46. The first-order chi connectivity index (χ1) is 11.9. The molecule has 0 amide bonds. The third-order valence-corrected chi connectivity index (χ3v) is 3.67. The van der Waals surface area contributed by atoms with Gasteiger partial charge in [0.25, 0.3) is 6.20 Å². The molecule has 0 aromatic heterocycles. The summed E-state index contributed by atoms with van der Waals surface area (Å²) in [6, 6.07) is 0.916. The van der Waals surface area contributed by atoms with Gasteiger partial charge in [-0.25, -0.2) is 0 Å². The highest BCUT2D eigenvalue weighted by atomic mass is 19.4. The molecule has 1 aliphatic carbocycles. The number of halogens is 6. The molecule has 0 spiro atoms. The first kappa shape index (κ1) is 19.9. The van der Waals surface area contributed by atoms with E-state index in [0.717, 1.165) is 12.8 Å². The lowest BCUT2D eigenvalue weighted by molar-refractivity contribution is -0.403. The van der Waals surface area contributed by atoms with E-state index in [1.165, 1.54) is 0 Å². The molecule has 1 aromatic carbocycles. The summed E-state index contributed by atoms with van der Waals surface area (Å²) in [6.45, 7) is 0.308. The molecule has 26 heavy (non-hydrogen) atoms. The number of nitro groups is 1. The van der Waals surface area contributed by atoms with E-state index in [9.17, 15) is 36.5 Å². The normalized spacial score (nSPS) is 15.7. The average Bonchev–Trinajstić information content (AvgIpc) is 3.28. The van der Waals surface area contributed by atoms with Crippen molar-refractivity contribution >= 4 is 5.69 Å². The topological polar surface area (TPSA) is 67.2 Å². The van der Waals surface area contributed by atoms with Crippen LogP contribution in [0.2, 0.25) is 0 Å². The first-order valence-corrected chi connectivity index (χ1v) is 7.61. The van der Waals surface area contributed by atoms with Crippen molar-refractivity contribution in [2.24, 2.45) is 5.92 Å². The fraction of sp³-hybridized carbons (Fsp3) is 0.467. The van der Waals surface area contributed by atoms with Gasteiger partial charge in [-0.1, -0.05) is 12.8 Å². The lowest BCUT2D eigenvalue weighted by Gasteiger charge is -2.16. The van der Waals surface area contributed by atoms with E-state index in [1.807, 2.05) is 0 Å². The van der Waals surface area contributed by atoms with Crippen molar-refractivity contribution in [3.05, 3.63) is 51.5 Å². The van der Waals surface area contributed by atoms with Crippen LogP contribution < -0.4 is 10.6 Å². The Morgan fingerprint density at radius 1 is 1.12 bits per heavy atom. The maximum absolute atomic E-state index is 12.8. The Labute approximate surface area is 144 Å². The van der Waals surface area contributed by atoms with Crippen LogP contribution in [0.5, 0.6) is 0 Å². The Morgan fingerprint density at radius 3 is 2.08 bits per heavy atom. The van der Waals surface area contributed by atoms with Gasteiger partial charge in [-0.2, -0.15) is 26.3 Å². The standard InChI is InChI=1S/C15H15F6N3O2/c16-14(17,18)10-5-11(15(19,20)21)7-12(6-10)23-13(8-24(25)26)22-4-3-9-1-2-9/h5-9,22-23H,1-4H2/b13-8+. The monoisotopic (exact) mass is 383 g/mol. The SMILES string of the molecule is O=[N+]([O-])/C=C(\NCCC1CC1)Nc1cc(C(F)(F)F)cc(C(F)(F)F)c1. The molecule has 0 bridgehead atoms. The van der Waals surface area contributed by atoms with Crippen LogP contribution >= 0.6 is 0 Å². The summed E-state index contributed by atoms with van der Waals surface area (Å²) in [5.74, 6) is 0.202. The summed E-state index contributed by atoms with van der Waals surface area (Å²) < 4.78 is 77.1. The minimum Gasteiger partial charge on any atom is -0.366 e. The van der Waals surface area contributed by atoms with Crippen molar-refractivity contribution in [3.8, 4) is 0 Å². The number of nitrogens with zero attached hydrogens (tertiary/aromatic N) is 1. The molecular formula is C15H15F6N3O2. The van der Waals surface area contributed by atoms with Gasteiger partial charge in [0.15, 0.2) is 5.82 Å². The molecule has 144 valence electrons. The molecule has 1 saturated carbocycles. The fourth-order valence-corrected chi connectivity index (χ4v) is 2.23. The zero-order valence-corrected chi connectivity index (χ0v) is 13.2. The molecule has 1 aliphatic rings. The third-order valence-electron chi connectivity index (χ3n) is 3.67. The van der Waals surface area contributed by atoms with E-state index in [1.54, 1.807) is 0 Å². The molecule has 5 nitrogen and oxygen atoms in total. The Morgan fingerprint density at radius 2 is 1.65 bits per heavy atom. The second-order valence-corrected chi connectivity index (χ2v) is 5.91. The fourth-order valence-electron chi connectivity index (χ4n) is 2.23. The van der Waals surface area contributed by atoms with Crippen LogP contribution in [0.3, 0.4) is 0 Å². The minimum atomic E-state index is -5.00. The van der Waals surface area contributed by atoms with Crippen LogP contribution in [-0.2, 0) is 12.4 Å². The zero-order valence-electron chi connectivity index (χ0n) is 13.2. The average molecular weight is 383 g/mol. The number of anilines is 1. The highest BCUT2D eigenvalue weighted by Gasteiger charge is 2.37. The van der Waals surface area contributed by atoms with Gasteiger partial charge < -0.3 is 10.6 Å². The van der Waals surface area contributed by atoms with E-state index in [0.29, 0.717) is 37.2 Å². The van der Waals surface area contributed by atoms with Crippen LogP contribution in [-0.4, -0.2) is 11.5 Å². The van der Waals surface area contributed by atoms with Crippen molar-refractivity contribution in [2.45, 2.75) is 31.6 Å². The summed E-state index contributed by atoms with van der Waals surface area (Å²) in [5, 5.41) is 15.5. The molecule has 1 aromatic rings. The van der Waals surface area contributed by atoms with Crippen LogP contribution in [0, 0.1) is 16.0 Å². The molecule has 1 fully saturated rings. The molecule has 0 heterocycles.